The Balaban J connectivity index is 1.92. The number of hydrogen-bond acceptors (Lipinski definition) is 8. The van der Waals surface area contributed by atoms with Crippen LogP contribution in [-0.2, 0) is 4.74 Å². The SMILES string of the molecule is COc1ccc(OC)c(-n2c(O)c(C=NCCN3CCOCC3)c(=O)[nH]c2=O)c1. The van der Waals surface area contributed by atoms with Crippen LogP contribution in [0.2, 0.25) is 0 Å². The highest BCUT2D eigenvalue weighted by Gasteiger charge is 2.18. The maximum atomic E-state index is 12.4. The second-order valence-corrected chi connectivity index (χ2v) is 6.36. The van der Waals surface area contributed by atoms with Crippen molar-refractivity contribution < 1.29 is 19.3 Å². The molecule has 0 atom stereocenters. The highest BCUT2D eigenvalue weighted by Crippen LogP contribution is 2.29. The Morgan fingerprint density at radius 2 is 2.00 bits per heavy atom. The van der Waals surface area contributed by atoms with Gasteiger partial charge in [-0.1, -0.05) is 0 Å². The van der Waals surface area contributed by atoms with E-state index in [0.29, 0.717) is 37.8 Å². The predicted molar refractivity (Wildman–Crippen MR) is 107 cm³/mol. The molecular formula is C19H24N4O6. The van der Waals surface area contributed by atoms with Crippen LogP contribution in [-0.4, -0.2) is 79.4 Å². The summed E-state index contributed by atoms with van der Waals surface area (Å²) < 4.78 is 16.7. The number of aromatic hydroxyl groups is 1. The van der Waals surface area contributed by atoms with Crippen LogP contribution < -0.4 is 20.7 Å². The van der Waals surface area contributed by atoms with Crippen molar-refractivity contribution in [1.29, 1.82) is 0 Å². The molecule has 2 heterocycles. The molecule has 0 amide bonds. The zero-order valence-electron chi connectivity index (χ0n) is 16.4. The molecule has 1 aliphatic rings. The quantitative estimate of drug-likeness (QED) is 0.624. The van der Waals surface area contributed by atoms with Gasteiger partial charge in [-0.2, -0.15) is 0 Å². The monoisotopic (exact) mass is 404 g/mol. The maximum absolute atomic E-state index is 12.4. The number of hydrogen-bond donors (Lipinski definition) is 2. The summed E-state index contributed by atoms with van der Waals surface area (Å²) in [6.07, 6.45) is 1.28. The number of nitrogens with zero attached hydrogens (tertiary/aromatic N) is 3. The molecule has 0 spiro atoms. The first-order chi connectivity index (χ1) is 14.0. The van der Waals surface area contributed by atoms with Crippen LogP contribution in [0, 0.1) is 0 Å². The molecule has 0 aliphatic carbocycles. The van der Waals surface area contributed by atoms with E-state index in [4.69, 9.17) is 14.2 Å². The molecule has 0 unspecified atom stereocenters. The Labute approximate surface area is 167 Å². The number of methoxy groups -OCH3 is 2. The first-order valence-electron chi connectivity index (χ1n) is 9.15. The number of aromatic amines is 1. The van der Waals surface area contributed by atoms with Crippen molar-refractivity contribution in [2.45, 2.75) is 0 Å². The molecule has 0 radical (unpaired) electrons. The summed E-state index contributed by atoms with van der Waals surface area (Å²) in [5.41, 5.74) is -1.41. The Morgan fingerprint density at radius 1 is 1.24 bits per heavy atom. The van der Waals surface area contributed by atoms with Gasteiger partial charge in [0.05, 0.1) is 39.7 Å². The first-order valence-corrected chi connectivity index (χ1v) is 9.15. The fourth-order valence-electron chi connectivity index (χ4n) is 3.03. The lowest BCUT2D eigenvalue weighted by Crippen LogP contribution is -2.37. The van der Waals surface area contributed by atoms with Crippen molar-refractivity contribution in [2.75, 3.05) is 53.6 Å². The van der Waals surface area contributed by atoms with Crippen molar-refractivity contribution in [3.8, 4) is 23.1 Å². The van der Waals surface area contributed by atoms with Crippen LogP contribution in [0.3, 0.4) is 0 Å². The summed E-state index contributed by atoms with van der Waals surface area (Å²) in [6.45, 7) is 4.21. The maximum Gasteiger partial charge on any atom is 0.335 e. The second-order valence-electron chi connectivity index (χ2n) is 6.36. The molecule has 1 fully saturated rings. The van der Waals surface area contributed by atoms with Crippen molar-refractivity contribution in [3.63, 3.8) is 0 Å². The van der Waals surface area contributed by atoms with Gasteiger partial charge in [0, 0.05) is 31.9 Å². The van der Waals surface area contributed by atoms with Crippen LogP contribution in [0.25, 0.3) is 5.69 Å². The second kappa shape index (κ2) is 9.39. The van der Waals surface area contributed by atoms with E-state index < -0.39 is 17.1 Å². The first kappa shape index (κ1) is 20.6. The number of benzene rings is 1. The lowest BCUT2D eigenvalue weighted by atomic mass is 10.2. The van der Waals surface area contributed by atoms with Crippen LogP contribution >= 0.6 is 0 Å². The average Bonchev–Trinajstić information content (AvgIpc) is 2.73. The third-order valence-corrected chi connectivity index (χ3v) is 4.62. The molecule has 2 aromatic rings. The van der Waals surface area contributed by atoms with E-state index >= 15 is 0 Å². The number of nitrogens with one attached hydrogen (secondary N) is 1. The highest BCUT2D eigenvalue weighted by molar-refractivity contribution is 5.82. The van der Waals surface area contributed by atoms with Gasteiger partial charge in [0.2, 0.25) is 5.88 Å². The third kappa shape index (κ3) is 4.66. The van der Waals surface area contributed by atoms with Gasteiger partial charge in [-0.25, -0.2) is 9.36 Å². The van der Waals surface area contributed by atoms with E-state index in [1.165, 1.54) is 26.5 Å². The molecule has 2 N–H and O–H groups in total. The number of rotatable bonds is 7. The molecule has 1 saturated heterocycles. The minimum Gasteiger partial charge on any atom is -0.497 e. The minimum absolute atomic E-state index is 0.114. The fraction of sp³-hybridized carbons (Fsp3) is 0.421. The topological polar surface area (TPSA) is 118 Å². The predicted octanol–water partition coefficient (Wildman–Crippen LogP) is -0.000300. The van der Waals surface area contributed by atoms with Crippen LogP contribution in [0.1, 0.15) is 5.56 Å². The third-order valence-electron chi connectivity index (χ3n) is 4.62. The van der Waals surface area contributed by atoms with Crippen LogP contribution in [0.15, 0.2) is 32.8 Å². The number of morpholine rings is 1. The van der Waals surface area contributed by atoms with Gasteiger partial charge in [-0.05, 0) is 12.1 Å². The molecule has 3 rings (SSSR count). The number of ether oxygens (including phenoxy) is 3. The molecule has 0 bridgehead atoms. The Kier molecular flexibility index (Phi) is 6.68. The summed E-state index contributed by atoms with van der Waals surface area (Å²) in [6, 6.07) is 4.78. The van der Waals surface area contributed by atoms with Crippen LogP contribution in [0.5, 0.6) is 17.4 Å². The summed E-state index contributed by atoms with van der Waals surface area (Å²) in [5.74, 6) is 0.255. The van der Waals surface area contributed by atoms with E-state index in [9.17, 15) is 14.7 Å². The molecule has 1 aromatic carbocycles. The minimum atomic E-state index is -0.801. The van der Waals surface area contributed by atoms with Gasteiger partial charge in [-0.3, -0.25) is 19.7 Å². The summed E-state index contributed by atoms with van der Waals surface area (Å²) in [5, 5.41) is 10.7. The molecule has 156 valence electrons. The van der Waals surface area contributed by atoms with E-state index in [2.05, 4.69) is 14.9 Å². The van der Waals surface area contributed by atoms with Gasteiger partial charge in [0.1, 0.15) is 17.1 Å². The molecular weight excluding hydrogens is 380 g/mol. The zero-order chi connectivity index (χ0) is 20.8. The van der Waals surface area contributed by atoms with E-state index in [0.717, 1.165) is 17.7 Å². The fourth-order valence-corrected chi connectivity index (χ4v) is 3.03. The molecule has 0 saturated carbocycles. The number of aliphatic imine (C=N–C) groups is 1. The summed E-state index contributed by atoms with van der Waals surface area (Å²) in [7, 11) is 2.92. The van der Waals surface area contributed by atoms with Crippen molar-refractivity contribution in [3.05, 3.63) is 44.6 Å². The molecule has 29 heavy (non-hydrogen) atoms. The number of H-pyrrole nitrogens is 1. The van der Waals surface area contributed by atoms with Crippen LogP contribution in [0.4, 0.5) is 0 Å². The Hall–Kier alpha value is -3.11. The lowest BCUT2D eigenvalue weighted by Gasteiger charge is -2.25. The van der Waals surface area contributed by atoms with E-state index in [1.54, 1.807) is 12.1 Å². The molecule has 1 aromatic heterocycles. The molecule has 1 aliphatic heterocycles. The van der Waals surface area contributed by atoms with Gasteiger partial charge in [0.15, 0.2) is 0 Å². The Morgan fingerprint density at radius 3 is 2.69 bits per heavy atom. The summed E-state index contributed by atoms with van der Waals surface area (Å²) in [4.78, 5) is 33.3. The molecule has 10 nitrogen and oxygen atoms in total. The van der Waals surface area contributed by atoms with Gasteiger partial charge in [-0.15, -0.1) is 0 Å². The van der Waals surface area contributed by atoms with E-state index in [1.807, 2.05) is 0 Å². The van der Waals surface area contributed by atoms with Gasteiger partial charge < -0.3 is 19.3 Å². The van der Waals surface area contributed by atoms with Gasteiger partial charge in [0.25, 0.3) is 5.56 Å². The van der Waals surface area contributed by atoms with Crippen molar-refractivity contribution >= 4 is 6.21 Å². The summed E-state index contributed by atoms with van der Waals surface area (Å²) >= 11 is 0. The lowest BCUT2D eigenvalue weighted by molar-refractivity contribution is 0.0395. The normalized spacial score (nSPS) is 15.0. The van der Waals surface area contributed by atoms with Gasteiger partial charge >= 0.3 is 5.69 Å². The number of aromatic nitrogens is 2. The zero-order valence-corrected chi connectivity index (χ0v) is 16.4. The van der Waals surface area contributed by atoms with Crippen molar-refractivity contribution in [2.24, 2.45) is 4.99 Å². The van der Waals surface area contributed by atoms with Crippen molar-refractivity contribution in [1.82, 2.24) is 14.5 Å². The standard InChI is InChI=1S/C19H24N4O6/c1-27-13-3-4-16(28-2)15(11-13)23-18(25)14(17(24)21-19(23)26)12-20-5-6-22-7-9-29-10-8-22/h3-4,11-12,25H,5-10H2,1-2H3,(H,21,24,26). The highest BCUT2D eigenvalue weighted by atomic mass is 16.5. The Bertz CT molecular complexity index is 991. The largest absolute Gasteiger partial charge is 0.497 e. The molecule has 10 heteroatoms. The van der Waals surface area contributed by atoms with E-state index in [-0.39, 0.29) is 11.3 Å². The average molecular weight is 404 g/mol. The smallest absolute Gasteiger partial charge is 0.335 e.